The van der Waals surface area contributed by atoms with E-state index in [0.29, 0.717) is 17.5 Å². The van der Waals surface area contributed by atoms with Gasteiger partial charge in [-0.3, -0.25) is 19.0 Å². The number of hydrogen-bond acceptors (Lipinski definition) is 5. The zero-order chi connectivity index (χ0) is 16.2. The second-order valence-corrected chi connectivity index (χ2v) is 5.91. The number of nitrogens with one attached hydrogen (secondary N) is 2. The number of rotatable bonds is 5. The highest BCUT2D eigenvalue weighted by atomic mass is 32.2. The van der Waals surface area contributed by atoms with Gasteiger partial charge in [-0.15, -0.1) is 10.2 Å². The fourth-order valence-corrected chi connectivity index (χ4v) is 2.96. The molecule has 0 aliphatic carbocycles. The summed E-state index contributed by atoms with van der Waals surface area (Å²) in [6, 6.07) is 11.2. The standard InChI is InChI=1S/C15H15N5O2S/c1-10-7-12(21)17-14-18-19-15(20(10)14)23-9-13(22)16-8-11-5-3-2-4-6-11/h2-7H,8-9H2,1H3,(H,16,22)(H,17,18,21). The first-order chi connectivity index (χ1) is 11.1. The van der Waals surface area contributed by atoms with Crippen LogP contribution in [0.15, 0.2) is 46.3 Å². The highest BCUT2D eigenvalue weighted by Crippen LogP contribution is 2.16. The largest absolute Gasteiger partial charge is 0.351 e. The first-order valence-electron chi connectivity index (χ1n) is 7.02. The van der Waals surface area contributed by atoms with Gasteiger partial charge in [0.25, 0.3) is 5.56 Å². The molecule has 0 aliphatic heterocycles. The van der Waals surface area contributed by atoms with Crippen LogP contribution in [0.5, 0.6) is 0 Å². The van der Waals surface area contributed by atoms with Crippen molar-refractivity contribution in [3.63, 3.8) is 0 Å². The smallest absolute Gasteiger partial charge is 0.252 e. The molecule has 2 heterocycles. The van der Waals surface area contributed by atoms with Crippen LogP contribution in [0.3, 0.4) is 0 Å². The number of aromatic nitrogens is 4. The summed E-state index contributed by atoms with van der Waals surface area (Å²) in [4.78, 5) is 25.9. The van der Waals surface area contributed by atoms with E-state index >= 15 is 0 Å². The van der Waals surface area contributed by atoms with Crippen LogP contribution >= 0.6 is 11.8 Å². The molecule has 23 heavy (non-hydrogen) atoms. The molecule has 0 radical (unpaired) electrons. The van der Waals surface area contributed by atoms with Gasteiger partial charge < -0.3 is 5.32 Å². The second-order valence-electron chi connectivity index (χ2n) is 4.97. The van der Waals surface area contributed by atoms with Crippen molar-refractivity contribution in [3.8, 4) is 0 Å². The zero-order valence-electron chi connectivity index (χ0n) is 12.4. The van der Waals surface area contributed by atoms with Crippen LogP contribution in [-0.4, -0.2) is 31.2 Å². The molecule has 0 aliphatic rings. The van der Waals surface area contributed by atoms with E-state index in [4.69, 9.17) is 0 Å². The van der Waals surface area contributed by atoms with Crippen molar-refractivity contribution in [1.82, 2.24) is 24.9 Å². The third-order valence-electron chi connectivity index (χ3n) is 3.23. The van der Waals surface area contributed by atoms with Crippen LogP contribution < -0.4 is 10.9 Å². The van der Waals surface area contributed by atoms with Gasteiger partial charge in [0.05, 0.1) is 5.75 Å². The van der Waals surface area contributed by atoms with E-state index in [0.717, 1.165) is 11.3 Å². The number of carbonyl (C=O) groups excluding carboxylic acids is 1. The maximum atomic E-state index is 11.9. The van der Waals surface area contributed by atoms with Gasteiger partial charge in [0.1, 0.15) is 0 Å². The van der Waals surface area contributed by atoms with Gasteiger partial charge in [0.15, 0.2) is 5.16 Å². The van der Waals surface area contributed by atoms with Crippen LogP contribution in [0, 0.1) is 6.92 Å². The van der Waals surface area contributed by atoms with Gasteiger partial charge in [0.2, 0.25) is 11.7 Å². The number of benzene rings is 1. The third kappa shape index (κ3) is 3.59. The molecule has 2 aromatic heterocycles. The van der Waals surface area contributed by atoms with Gasteiger partial charge in [-0.1, -0.05) is 42.1 Å². The summed E-state index contributed by atoms with van der Waals surface area (Å²) < 4.78 is 1.72. The Bertz CT molecular complexity index is 888. The van der Waals surface area contributed by atoms with Crippen molar-refractivity contribution in [2.45, 2.75) is 18.6 Å². The molecule has 2 N–H and O–H groups in total. The van der Waals surface area contributed by atoms with E-state index in [9.17, 15) is 9.59 Å². The van der Waals surface area contributed by atoms with Gasteiger partial charge in [-0.2, -0.15) is 0 Å². The Morgan fingerprint density at radius 1 is 1.30 bits per heavy atom. The number of fused-ring (bicyclic) bond motifs is 1. The Kier molecular flexibility index (Phi) is 4.42. The van der Waals surface area contributed by atoms with E-state index in [1.807, 2.05) is 30.3 Å². The summed E-state index contributed by atoms with van der Waals surface area (Å²) in [7, 11) is 0. The van der Waals surface area contributed by atoms with Crippen molar-refractivity contribution in [1.29, 1.82) is 0 Å². The lowest BCUT2D eigenvalue weighted by molar-refractivity contribution is -0.118. The number of aryl methyl sites for hydroxylation is 1. The summed E-state index contributed by atoms with van der Waals surface area (Å²) >= 11 is 1.28. The second kappa shape index (κ2) is 6.66. The predicted molar refractivity (Wildman–Crippen MR) is 87.4 cm³/mol. The number of carbonyl (C=O) groups is 1. The highest BCUT2D eigenvalue weighted by Gasteiger charge is 2.11. The van der Waals surface area contributed by atoms with Crippen LogP contribution in [0.25, 0.3) is 5.78 Å². The molecule has 0 unspecified atom stereocenters. The predicted octanol–water partition coefficient (Wildman–Crippen LogP) is 1.13. The first kappa shape index (κ1) is 15.3. The lowest BCUT2D eigenvalue weighted by Gasteiger charge is -2.05. The molecule has 1 aromatic carbocycles. The molecular weight excluding hydrogens is 314 g/mol. The number of H-pyrrole nitrogens is 1. The lowest BCUT2D eigenvalue weighted by atomic mass is 10.2. The Labute approximate surface area is 136 Å². The van der Waals surface area contributed by atoms with Gasteiger partial charge in [0, 0.05) is 18.3 Å². The Hall–Kier alpha value is -2.61. The van der Waals surface area contributed by atoms with Crippen molar-refractivity contribution in [2.75, 3.05) is 5.75 Å². The Morgan fingerprint density at radius 3 is 2.87 bits per heavy atom. The topological polar surface area (TPSA) is 92.2 Å². The van der Waals surface area contributed by atoms with Crippen molar-refractivity contribution < 1.29 is 4.79 Å². The molecule has 8 heteroatoms. The lowest BCUT2D eigenvalue weighted by Crippen LogP contribution is -2.24. The van der Waals surface area contributed by atoms with E-state index in [1.54, 1.807) is 11.3 Å². The Morgan fingerprint density at radius 2 is 2.09 bits per heavy atom. The number of aromatic amines is 1. The molecule has 0 atom stereocenters. The molecule has 1 amide bonds. The summed E-state index contributed by atoms with van der Waals surface area (Å²) in [5, 5.41) is 11.4. The molecule has 3 rings (SSSR count). The molecule has 3 aromatic rings. The molecule has 7 nitrogen and oxygen atoms in total. The van der Waals surface area contributed by atoms with Crippen molar-refractivity contribution in [2.24, 2.45) is 0 Å². The SMILES string of the molecule is Cc1cc(=O)[nH]c2nnc(SCC(=O)NCc3ccccc3)n12. The quantitative estimate of drug-likeness (QED) is 0.685. The Balaban J connectivity index is 1.62. The van der Waals surface area contributed by atoms with Crippen molar-refractivity contribution in [3.05, 3.63) is 58.0 Å². The summed E-state index contributed by atoms with van der Waals surface area (Å²) in [5.41, 5.74) is 1.55. The van der Waals surface area contributed by atoms with Gasteiger partial charge in [-0.05, 0) is 12.5 Å². The minimum atomic E-state index is -0.223. The summed E-state index contributed by atoms with van der Waals surface area (Å²) in [6.45, 7) is 2.29. The number of hydrogen-bond donors (Lipinski definition) is 2. The minimum Gasteiger partial charge on any atom is -0.351 e. The van der Waals surface area contributed by atoms with Crippen LogP contribution in [0.1, 0.15) is 11.3 Å². The fraction of sp³-hybridized carbons (Fsp3) is 0.200. The molecule has 0 spiro atoms. The average Bonchev–Trinajstić information content (AvgIpc) is 2.95. The third-order valence-corrected chi connectivity index (χ3v) is 4.15. The molecule has 0 fully saturated rings. The summed E-state index contributed by atoms with van der Waals surface area (Å²) in [5.74, 6) is 0.520. The first-order valence-corrected chi connectivity index (χ1v) is 8.00. The van der Waals surface area contributed by atoms with E-state index in [2.05, 4.69) is 20.5 Å². The molecule has 0 bridgehead atoms. The van der Waals surface area contributed by atoms with Crippen molar-refractivity contribution >= 4 is 23.4 Å². The fourth-order valence-electron chi connectivity index (χ4n) is 2.14. The monoisotopic (exact) mass is 329 g/mol. The van der Waals surface area contributed by atoms with Crippen LogP contribution in [0.4, 0.5) is 0 Å². The van der Waals surface area contributed by atoms with Gasteiger partial charge in [-0.25, -0.2) is 0 Å². The molecule has 0 saturated heterocycles. The normalized spacial score (nSPS) is 10.8. The van der Waals surface area contributed by atoms with E-state index < -0.39 is 0 Å². The van der Waals surface area contributed by atoms with E-state index in [-0.39, 0.29) is 17.2 Å². The number of thioether (sulfide) groups is 1. The molecule has 0 saturated carbocycles. The van der Waals surface area contributed by atoms with Gasteiger partial charge >= 0.3 is 0 Å². The average molecular weight is 329 g/mol. The van der Waals surface area contributed by atoms with Crippen LogP contribution in [0.2, 0.25) is 0 Å². The summed E-state index contributed by atoms with van der Waals surface area (Å²) in [6.07, 6.45) is 0. The zero-order valence-corrected chi connectivity index (χ0v) is 13.3. The maximum absolute atomic E-state index is 11.9. The molecule has 118 valence electrons. The van der Waals surface area contributed by atoms with Crippen LogP contribution in [-0.2, 0) is 11.3 Å². The maximum Gasteiger partial charge on any atom is 0.252 e. The number of amides is 1. The van der Waals surface area contributed by atoms with E-state index in [1.165, 1.54) is 17.8 Å². The molecular formula is C15H15N5O2S. The number of nitrogens with zero attached hydrogens (tertiary/aromatic N) is 3. The highest BCUT2D eigenvalue weighted by molar-refractivity contribution is 7.99. The minimum absolute atomic E-state index is 0.0855.